The number of halogens is 1. The number of nitrogens with two attached hydrogens (primary N) is 2. The second-order valence-corrected chi connectivity index (χ2v) is 4.72. The van der Waals surface area contributed by atoms with E-state index in [4.69, 9.17) is 11.5 Å². The molecule has 1 aromatic heterocycles. The zero-order valence-electron chi connectivity index (χ0n) is 11.5. The molecule has 22 heavy (non-hydrogen) atoms. The van der Waals surface area contributed by atoms with Crippen molar-refractivity contribution in [2.24, 2.45) is 10.7 Å². The number of carbonyl (C=O) groups excluding carboxylic acids is 1. The van der Waals surface area contributed by atoms with Gasteiger partial charge in [0.1, 0.15) is 5.69 Å². The summed E-state index contributed by atoms with van der Waals surface area (Å²) in [4.78, 5) is 23.4. The molecule has 6 nitrogen and oxygen atoms in total. The van der Waals surface area contributed by atoms with Gasteiger partial charge >= 0.3 is 0 Å². The van der Waals surface area contributed by atoms with Crippen LogP contribution in [0.4, 0.5) is 10.3 Å². The molecule has 0 radical (unpaired) electrons. The highest BCUT2D eigenvalue weighted by molar-refractivity contribution is 6.15. The number of anilines is 1. The maximum absolute atomic E-state index is 13.9. The zero-order valence-corrected chi connectivity index (χ0v) is 11.5. The van der Waals surface area contributed by atoms with Crippen LogP contribution in [0.25, 0.3) is 5.70 Å². The molecular formula is C15H12FN5O. The number of hydrogen-bond donors (Lipinski definition) is 2. The van der Waals surface area contributed by atoms with E-state index in [1.165, 1.54) is 0 Å². The molecule has 0 bridgehead atoms. The molecule has 0 atom stereocenters. The molecule has 0 fully saturated rings. The molecule has 1 aliphatic rings. The lowest BCUT2D eigenvalue weighted by molar-refractivity contribution is -0.114. The van der Waals surface area contributed by atoms with Crippen molar-refractivity contribution in [2.75, 3.05) is 5.73 Å². The number of primary amides is 1. The van der Waals surface area contributed by atoms with E-state index in [2.05, 4.69) is 15.0 Å². The van der Waals surface area contributed by atoms with Gasteiger partial charge in [-0.2, -0.15) is 0 Å². The second-order valence-electron chi connectivity index (χ2n) is 4.72. The number of aromatic nitrogens is 2. The predicted octanol–water partition coefficient (Wildman–Crippen LogP) is 1.29. The van der Waals surface area contributed by atoms with Gasteiger partial charge in [-0.05, 0) is 0 Å². The third kappa shape index (κ3) is 2.44. The monoisotopic (exact) mass is 297 g/mol. The highest BCUT2D eigenvalue weighted by atomic mass is 19.1. The van der Waals surface area contributed by atoms with E-state index in [0.29, 0.717) is 17.0 Å². The lowest BCUT2D eigenvalue weighted by Gasteiger charge is -2.02. The van der Waals surface area contributed by atoms with Crippen molar-refractivity contribution in [1.82, 2.24) is 9.97 Å². The molecule has 1 aliphatic heterocycles. The van der Waals surface area contributed by atoms with Crippen molar-refractivity contribution in [2.45, 2.75) is 6.42 Å². The number of hydrogen-bond acceptors (Lipinski definition) is 5. The minimum atomic E-state index is -0.647. The molecule has 0 aliphatic carbocycles. The van der Waals surface area contributed by atoms with Gasteiger partial charge in [0.25, 0.3) is 0 Å². The minimum Gasteiger partial charge on any atom is -0.368 e. The minimum absolute atomic E-state index is 0.0165. The molecule has 4 N–H and O–H groups in total. The number of carbonyl (C=O) groups is 1. The van der Waals surface area contributed by atoms with Crippen LogP contribution in [0.1, 0.15) is 17.7 Å². The van der Waals surface area contributed by atoms with Gasteiger partial charge in [0, 0.05) is 17.6 Å². The highest BCUT2D eigenvalue weighted by Crippen LogP contribution is 2.30. The summed E-state index contributed by atoms with van der Waals surface area (Å²) in [5, 5.41) is 0. The molecule has 0 saturated carbocycles. The third-order valence-electron chi connectivity index (χ3n) is 3.26. The van der Waals surface area contributed by atoms with Crippen LogP contribution in [-0.2, 0) is 4.79 Å². The first-order valence-corrected chi connectivity index (χ1v) is 6.50. The lowest BCUT2D eigenvalue weighted by Crippen LogP contribution is -2.16. The first-order valence-electron chi connectivity index (χ1n) is 6.50. The van der Waals surface area contributed by atoms with E-state index in [-0.39, 0.29) is 18.1 Å². The average molecular weight is 297 g/mol. The standard InChI is InChI=1S/C15H12FN5O/c16-10-7-19-15(18)21-13(10)11-6-9(14(17)22)12(20-11)8-4-2-1-3-5-8/h1-5,7H,6H2,(H2,17,22)(H2,18,19,21). The molecule has 0 unspecified atom stereocenters. The quantitative estimate of drug-likeness (QED) is 0.889. The van der Waals surface area contributed by atoms with Crippen molar-refractivity contribution in [1.29, 1.82) is 0 Å². The summed E-state index contributed by atoms with van der Waals surface area (Å²) in [5.74, 6) is -1.31. The Kier molecular flexibility index (Phi) is 3.38. The van der Waals surface area contributed by atoms with Crippen LogP contribution in [0.3, 0.4) is 0 Å². The molecule has 1 amide bonds. The maximum Gasteiger partial charge on any atom is 0.247 e. The van der Waals surface area contributed by atoms with Gasteiger partial charge in [-0.15, -0.1) is 0 Å². The number of aliphatic imine (C=N–C) groups is 1. The SMILES string of the molecule is NC(=O)C1=C(c2ccccc2)N=C(c2nc(N)ncc2F)C1. The molecule has 0 saturated heterocycles. The molecular weight excluding hydrogens is 285 g/mol. The molecule has 7 heteroatoms. The van der Waals surface area contributed by atoms with Crippen LogP contribution in [-0.4, -0.2) is 21.6 Å². The topological polar surface area (TPSA) is 107 Å². The summed E-state index contributed by atoms with van der Waals surface area (Å²) in [5.41, 5.74) is 12.7. The van der Waals surface area contributed by atoms with Crippen molar-refractivity contribution in [3.05, 3.63) is 59.2 Å². The van der Waals surface area contributed by atoms with Gasteiger partial charge in [-0.1, -0.05) is 30.3 Å². The number of benzene rings is 1. The first kappa shape index (κ1) is 13.9. The number of rotatable bonds is 3. The Morgan fingerprint density at radius 1 is 1.23 bits per heavy atom. The van der Waals surface area contributed by atoms with Gasteiger partial charge in [-0.25, -0.2) is 19.4 Å². The Balaban J connectivity index is 2.09. The van der Waals surface area contributed by atoms with Crippen molar-refractivity contribution < 1.29 is 9.18 Å². The van der Waals surface area contributed by atoms with Gasteiger partial charge in [0.15, 0.2) is 5.82 Å². The molecule has 2 aromatic rings. The predicted molar refractivity (Wildman–Crippen MR) is 80.1 cm³/mol. The molecule has 1 aromatic carbocycles. The van der Waals surface area contributed by atoms with Crippen LogP contribution in [0, 0.1) is 5.82 Å². The van der Waals surface area contributed by atoms with Gasteiger partial charge < -0.3 is 11.5 Å². The summed E-state index contributed by atoms with van der Waals surface area (Å²) in [6, 6.07) is 9.08. The van der Waals surface area contributed by atoms with Crippen molar-refractivity contribution in [3.63, 3.8) is 0 Å². The van der Waals surface area contributed by atoms with Crippen molar-refractivity contribution >= 4 is 23.3 Å². The fraction of sp³-hybridized carbons (Fsp3) is 0.0667. The fourth-order valence-corrected chi connectivity index (χ4v) is 2.25. The Hall–Kier alpha value is -3.09. The van der Waals surface area contributed by atoms with E-state index in [9.17, 15) is 9.18 Å². The summed E-state index contributed by atoms with van der Waals surface area (Å²) in [6.45, 7) is 0. The van der Waals surface area contributed by atoms with Gasteiger partial charge in [0.2, 0.25) is 11.9 Å². The maximum atomic E-state index is 13.9. The Morgan fingerprint density at radius 3 is 2.64 bits per heavy atom. The highest BCUT2D eigenvalue weighted by Gasteiger charge is 2.26. The van der Waals surface area contributed by atoms with E-state index < -0.39 is 11.7 Å². The Morgan fingerprint density at radius 2 is 1.95 bits per heavy atom. The molecule has 110 valence electrons. The fourth-order valence-electron chi connectivity index (χ4n) is 2.25. The zero-order chi connectivity index (χ0) is 15.7. The van der Waals surface area contributed by atoms with Crippen molar-refractivity contribution in [3.8, 4) is 0 Å². The van der Waals surface area contributed by atoms with E-state index in [0.717, 1.165) is 11.8 Å². The Bertz CT molecular complexity index is 814. The van der Waals surface area contributed by atoms with Crippen LogP contribution >= 0.6 is 0 Å². The van der Waals surface area contributed by atoms with Crippen LogP contribution in [0.2, 0.25) is 0 Å². The smallest absolute Gasteiger partial charge is 0.247 e. The van der Waals surface area contributed by atoms with Gasteiger partial charge in [0.05, 0.1) is 17.6 Å². The second kappa shape index (κ2) is 5.36. The average Bonchev–Trinajstić information content (AvgIpc) is 2.96. The number of nitrogens with zero attached hydrogens (tertiary/aromatic N) is 3. The van der Waals surface area contributed by atoms with Crippen LogP contribution in [0.5, 0.6) is 0 Å². The molecule has 2 heterocycles. The number of nitrogen functional groups attached to an aromatic ring is 1. The summed E-state index contributed by atoms with van der Waals surface area (Å²) in [6.07, 6.45) is 1.08. The van der Waals surface area contributed by atoms with E-state index in [1.807, 2.05) is 18.2 Å². The normalized spacial score (nSPS) is 14.1. The van der Waals surface area contributed by atoms with Crippen LogP contribution in [0.15, 0.2) is 47.1 Å². The summed E-state index contributed by atoms with van der Waals surface area (Å²) < 4.78 is 13.9. The van der Waals surface area contributed by atoms with Gasteiger partial charge in [-0.3, -0.25) is 4.79 Å². The number of amides is 1. The summed E-state index contributed by atoms with van der Waals surface area (Å²) >= 11 is 0. The lowest BCUT2D eigenvalue weighted by atomic mass is 10.0. The molecule has 0 spiro atoms. The first-order chi connectivity index (χ1) is 10.6. The van der Waals surface area contributed by atoms with E-state index in [1.54, 1.807) is 12.1 Å². The molecule has 3 rings (SSSR count). The van der Waals surface area contributed by atoms with E-state index >= 15 is 0 Å². The summed E-state index contributed by atoms with van der Waals surface area (Å²) in [7, 11) is 0. The van der Waals surface area contributed by atoms with Crippen LogP contribution < -0.4 is 11.5 Å². The largest absolute Gasteiger partial charge is 0.368 e. The third-order valence-corrected chi connectivity index (χ3v) is 3.26. The Labute approximate surface area is 125 Å².